The fourth-order valence-corrected chi connectivity index (χ4v) is 4.81. The molecular formula is C18H13N3O3S2. The van der Waals surface area contributed by atoms with E-state index in [9.17, 15) is 8.42 Å². The highest BCUT2D eigenvalue weighted by Gasteiger charge is 2.28. The molecule has 2 aromatic carbocycles. The molecule has 0 radical (unpaired) electrons. The van der Waals surface area contributed by atoms with Crippen LogP contribution in [0.25, 0.3) is 11.5 Å². The number of oxazole rings is 1. The number of aromatic nitrogens is 2. The van der Waals surface area contributed by atoms with Crippen LogP contribution in [0.4, 0.5) is 10.8 Å². The predicted octanol–water partition coefficient (Wildman–Crippen LogP) is 4.33. The van der Waals surface area contributed by atoms with E-state index in [1.165, 1.54) is 21.9 Å². The van der Waals surface area contributed by atoms with Gasteiger partial charge in [-0.2, -0.15) is 0 Å². The smallest absolute Gasteiger partial charge is 0.270 e. The van der Waals surface area contributed by atoms with E-state index in [0.717, 1.165) is 0 Å². The lowest BCUT2D eigenvalue weighted by Crippen LogP contribution is -2.26. The number of benzene rings is 2. The SMILES string of the molecule is O=S(=O)(c1ccc(-c2ncco2)cc1)N(c1ccccc1)c1nccs1. The van der Waals surface area contributed by atoms with Crippen LogP contribution < -0.4 is 4.31 Å². The van der Waals surface area contributed by atoms with Gasteiger partial charge in [0.15, 0.2) is 0 Å². The van der Waals surface area contributed by atoms with E-state index in [0.29, 0.717) is 22.3 Å². The van der Waals surface area contributed by atoms with E-state index in [2.05, 4.69) is 9.97 Å². The third-order valence-electron chi connectivity index (χ3n) is 3.66. The van der Waals surface area contributed by atoms with Gasteiger partial charge in [0.2, 0.25) is 11.0 Å². The first-order valence-electron chi connectivity index (χ1n) is 7.66. The van der Waals surface area contributed by atoms with Gasteiger partial charge in [0.1, 0.15) is 6.26 Å². The second-order valence-electron chi connectivity index (χ2n) is 5.28. The molecule has 0 spiro atoms. The molecule has 2 aromatic heterocycles. The number of nitrogens with zero attached hydrogens (tertiary/aromatic N) is 3. The number of hydrogen-bond acceptors (Lipinski definition) is 6. The Morgan fingerprint density at radius 3 is 2.31 bits per heavy atom. The second-order valence-corrected chi connectivity index (χ2v) is 7.94. The van der Waals surface area contributed by atoms with Gasteiger partial charge >= 0.3 is 0 Å². The monoisotopic (exact) mass is 383 g/mol. The lowest BCUT2D eigenvalue weighted by molar-refractivity contribution is 0.574. The topological polar surface area (TPSA) is 76.3 Å². The van der Waals surface area contributed by atoms with Gasteiger partial charge in [-0.1, -0.05) is 18.2 Å². The summed E-state index contributed by atoms with van der Waals surface area (Å²) in [6.45, 7) is 0. The quantitative estimate of drug-likeness (QED) is 0.513. The maximum Gasteiger partial charge on any atom is 0.270 e. The van der Waals surface area contributed by atoms with Crippen molar-refractivity contribution in [2.24, 2.45) is 0 Å². The van der Waals surface area contributed by atoms with Crippen LogP contribution in [0.5, 0.6) is 0 Å². The van der Waals surface area contributed by atoms with Crippen LogP contribution in [0.2, 0.25) is 0 Å². The zero-order chi connectivity index (χ0) is 18.0. The Morgan fingerprint density at radius 1 is 0.923 bits per heavy atom. The Kier molecular flexibility index (Phi) is 4.27. The van der Waals surface area contributed by atoms with Crippen LogP contribution in [-0.2, 0) is 10.0 Å². The summed E-state index contributed by atoms with van der Waals surface area (Å²) < 4.78 is 33.1. The first-order chi connectivity index (χ1) is 12.7. The summed E-state index contributed by atoms with van der Waals surface area (Å²) in [5.41, 5.74) is 1.23. The lowest BCUT2D eigenvalue weighted by Gasteiger charge is -2.21. The molecule has 4 rings (SSSR count). The Morgan fingerprint density at radius 2 is 1.69 bits per heavy atom. The summed E-state index contributed by atoms with van der Waals surface area (Å²) in [7, 11) is -3.83. The van der Waals surface area contributed by atoms with Crippen LogP contribution in [0.3, 0.4) is 0 Å². The van der Waals surface area contributed by atoms with Crippen LogP contribution in [-0.4, -0.2) is 18.4 Å². The standard InChI is InChI=1S/C18H13N3O3S2/c22-26(23,16-8-6-14(7-9-16)17-19-10-12-24-17)21(18-20-11-13-25-18)15-4-2-1-3-5-15/h1-13H. The Labute approximate surface area is 154 Å². The van der Waals surface area contributed by atoms with E-state index in [1.54, 1.807) is 66.3 Å². The van der Waals surface area contributed by atoms with Crippen LogP contribution in [0, 0.1) is 0 Å². The molecule has 0 atom stereocenters. The van der Waals surface area contributed by atoms with E-state index in [4.69, 9.17) is 4.42 Å². The van der Waals surface area contributed by atoms with E-state index >= 15 is 0 Å². The third kappa shape index (κ3) is 3.00. The number of thiazole rings is 1. The molecule has 2 heterocycles. The zero-order valence-corrected chi connectivity index (χ0v) is 15.0. The molecule has 0 unspecified atom stereocenters. The first-order valence-corrected chi connectivity index (χ1v) is 9.98. The molecule has 0 N–H and O–H groups in total. The predicted molar refractivity (Wildman–Crippen MR) is 99.8 cm³/mol. The maximum absolute atomic E-state index is 13.3. The Hall–Kier alpha value is -2.97. The van der Waals surface area contributed by atoms with Crippen LogP contribution in [0.1, 0.15) is 0 Å². The van der Waals surface area contributed by atoms with Crippen LogP contribution >= 0.6 is 11.3 Å². The summed E-state index contributed by atoms with van der Waals surface area (Å²) >= 11 is 1.26. The molecule has 0 aliphatic rings. The fourth-order valence-electron chi connectivity index (χ4n) is 2.47. The van der Waals surface area contributed by atoms with Crippen molar-refractivity contribution in [2.45, 2.75) is 4.90 Å². The van der Waals surface area contributed by atoms with Crippen molar-refractivity contribution in [1.29, 1.82) is 0 Å². The molecule has 26 heavy (non-hydrogen) atoms. The largest absolute Gasteiger partial charge is 0.445 e. The van der Waals surface area contributed by atoms with E-state index < -0.39 is 10.0 Å². The first kappa shape index (κ1) is 16.5. The summed E-state index contributed by atoms with van der Waals surface area (Å²) in [5.74, 6) is 0.439. The van der Waals surface area contributed by atoms with Gasteiger partial charge in [0, 0.05) is 17.1 Å². The molecule has 8 heteroatoms. The minimum atomic E-state index is -3.83. The van der Waals surface area contributed by atoms with E-state index in [1.807, 2.05) is 6.07 Å². The summed E-state index contributed by atoms with van der Waals surface area (Å²) in [5, 5.41) is 2.12. The van der Waals surface area contributed by atoms with Gasteiger partial charge in [-0.15, -0.1) is 11.3 Å². The van der Waals surface area contributed by atoms with Crippen molar-refractivity contribution in [2.75, 3.05) is 4.31 Å². The molecular weight excluding hydrogens is 370 g/mol. The zero-order valence-electron chi connectivity index (χ0n) is 13.4. The highest BCUT2D eigenvalue weighted by atomic mass is 32.2. The van der Waals surface area contributed by atoms with Crippen molar-refractivity contribution in [3.8, 4) is 11.5 Å². The number of hydrogen-bond donors (Lipinski definition) is 0. The van der Waals surface area contributed by atoms with Crippen molar-refractivity contribution in [3.05, 3.63) is 78.6 Å². The van der Waals surface area contributed by atoms with Crippen LogP contribution in [0.15, 0.2) is 87.9 Å². The highest BCUT2D eigenvalue weighted by molar-refractivity contribution is 7.93. The summed E-state index contributed by atoms with van der Waals surface area (Å²) in [4.78, 5) is 8.41. The van der Waals surface area contributed by atoms with Crippen molar-refractivity contribution in [1.82, 2.24) is 9.97 Å². The number of para-hydroxylation sites is 1. The second kappa shape index (κ2) is 6.74. The van der Waals surface area contributed by atoms with Crippen molar-refractivity contribution >= 4 is 32.2 Å². The van der Waals surface area contributed by atoms with Gasteiger partial charge < -0.3 is 4.42 Å². The Bertz CT molecular complexity index is 1080. The number of anilines is 2. The molecule has 0 amide bonds. The van der Waals surface area contributed by atoms with Crippen molar-refractivity contribution in [3.63, 3.8) is 0 Å². The molecule has 0 aliphatic carbocycles. The third-order valence-corrected chi connectivity index (χ3v) is 6.26. The Balaban J connectivity index is 1.78. The summed E-state index contributed by atoms with van der Waals surface area (Å²) in [6, 6.07) is 15.3. The highest BCUT2D eigenvalue weighted by Crippen LogP contribution is 2.34. The molecule has 0 fully saturated rings. The number of sulfonamides is 1. The van der Waals surface area contributed by atoms with Gasteiger partial charge in [-0.25, -0.2) is 22.7 Å². The molecule has 130 valence electrons. The van der Waals surface area contributed by atoms with Crippen molar-refractivity contribution < 1.29 is 12.8 Å². The van der Waals surface area contributed by atoms with Gasteiger partial charge in [0.05, 0.1) is 16.8 Å². The van der Waals surface area contributed by atoms with Gasteiger partial charge in [-0.05, 0) is 36.4 Å². The average Bonchev–Trinajstić information content (AvgIpc) is 3.37. The normalized spacial score (nSPS) is 11.4. The fraction of sp³-hybridized carbons (Fsp3) is 0. The molecule has 0 saturated carbocycles. The van der Waals surface area contributed by atoms with E-state index in [-0.39, 0.29) is 4.90 Å². The molecule has 0 aliphatic heterocycles. The lowest BCUT2D eigenvalue weighted by atomic mass is 10.2. The number of rotatable bonds is 5. The minimum absolute atomic E-state index is 0.159. The minimum Gasteiger partial charge on any atom is -0.445 e. The summed E-state index contributed by atoms with van der Waals surface area (Å²) in [6.07, 6.45) is 4.59. The van der Waals surface area contributed by atoms with Gasteiger partial charge in [-0.3, -0.25) is 0 Å². The molecule has 0 saturated heterocycles. The van der Waals surface area contributed by atoms with Gasteiger partial charge in [0.25, 0.3) is 10.0 Å². The average molecular weight is 383 g/mol. The molecule has 0 bridgehead atoms. The maximum atomic E-state index is 13.3. The molecule has 4 aromatic rings. The molecule has 6 nitrogen and oxygen atoms in total.